The first-order valence-electron chi connectivity index (χ1n) is 2.63. The van der Waals surface area contributed by atoms with Crippen LogP contribution >= 0.6 is 15.9 Å². The molecule has 0 saturated heterocycles. The molecule has 0 saturated carbocycles. The van der Waals surface area contributed by atoms with Crippen LogP contribution in [0.15, 0.2) is 11.1 Å². The van der Waals surface area contributed by atoms with E-state index in [4.69, 9.17) is 0 Å². The molecule has 0 aromatic carbocycles. The van der Waals surface area contributed by atoms with Crippen LogP contribution in [-0.4, -0.2) is 13.1 Å². The third-order valence-electron chi connectivity index (χ3n) is 0.832. The van der Waals surface area contributed by atoms with E-state index in [9.17, 15) is 4.79 Å². The van der Waals surface area contributed by atoms with Crippen molar-refractivity contribution in [1.29, 1.82) is 0 Å². The van der Waals surface area contributed by atoms with Crippen molar-refractivity contribution < 1.29 is 9.53 Å². The van der Waals surface area contributed by atoms with E-state index in [-0.39, 0.29) is 5.97 Å². The molecule has 0 amide bonds. The third kappa shape index (κ3) is 5.56. The van der Waals surface area contributed by atoms with Crippen molar-refractivity contribution >= 4 is 21.9 Å². The summed E-state index contributed by atoms with van der Waals surface area (Å²) in [6.45, 7) is 0. The standard InChI is InChI=1S/C6H9BrO2/c1-9-6(8)4-2-3-5-7/h3,5H,2,4H2,1H3/b5-3+. The fourth-order valence-electron chi connectivity index (χ4n) is 0.366. The Kier molecular flexibility index (Phi) is 5.62. The van der Waals surface area contributed by atoms with Crippen LogP contribution in [0.4, 0.5) is 0 Å². The summed E-state index contributed by atoms with van der Waals surface area (Å²) in [6, 6.07) is 0. The zero-order chi connectivity index (χ0) is 7.11. The van der Waals surface area contributed by atoms with E-state index in [2.05, 4.69) is 20.7 Å². The molecular weight excluding hydrogens is 184 g/mol. The molecule has 9 heavy (non-hydrogen) atoms. The first kappa shape index (κ1) is 8.69. The van der Waals surface area contributed by atoms with Crippen molar-refractivity contribution in [3.05, 3.63) is 11.1 Å². The molecule has 3 heteroatoms. The van der Waals surface area contributed by atoms with E-state index >= 15 is 0 Å². The topological polar surface area (TPSA) is 26.3 Å². The summed E-state index contributed by atoms with van der Waals surface area (Å²) in [4.78, 5) is 12.1. The Bertz CT molecular complexity index is 110. The van der Waals surface area contributed by atoms with Crippen LogP contribution in [0.3, 0.4) is 0 Å². The second kappa shape index (κ2) is 5.82. The highest BCUT2D eigenvalue weighted by Gasteiger charge is 1.94. The Morgan fingerprint density at radius 2 is 2.44 bits per heavy atom. The predicted octanol–water partition coefficient (Wildman–Crippen LogP) is 1.85. The molecule has 2 nitrogen and oxygen atoms in total. The van der Waals surface area contributed by atoms with E-state index < -0.39 is 0 Å². The van der Waals surface area contributed by atoms with Crippen molar-refractivity contribution in [3.63, 3.8) is 0 Å². The van der Waals surface area contributed by atoms with Crippen LogP contribution in [0.5, 0.6) is 0 Å². The quantitative estimate of drug-likeness (QED) is 0.639. The van der Waals surface area contributed by atoms with E-state index in [0.29, 0.717) is 6.42 Å². The zero-order valence-electron chi connectivity index (χ0n) is 5.26. The average molecular weight is 193 g/mol. The molecule has 52 valence electrons. The molecule has 0 aliphatic rings. The van der Waals surface area contributed by atoms with E-state index in [1.54, 1.807) is 4.99 Å². The molecule has 0 rings (SSSR count). The van der Waals surface area contributed by atoms with Gasteiger partial charge in [0.25, 0.3) is 0 Å². The molecule has 0 aromatic rings. The van der Waals surface area contributed by atoms with Crippen LogP contribution in [0.1, 0.15) is 12.8 Å². The Morgan fingerprint density at radius 3 is 2.89 bits per heavy atom. The van der Waals surface area contributed by atoms with Gasteiger partial charge in [-0.3, -0.25) is 4.79 Å². The number of hydrogen-bond acceptors (Lipinski definition) is 2. The number of halogens is 1. The smallest absolute Gasteiger partial charge is 0.305 e. The molecule has 0 aliphatic heterocycles. The van der Waals surface area contributed by atoms with Crippen LogP contribution in [-0.2, 0) is 9.53 Å². The van der Waals surface area contributed by atoms with Crippen molar-refractivity contribution in [2.24, 2.45) is 0 Å². The van der Waals surface area contributed by atoms with Gasteiger partial charge in [-0.25, -0.2) is 0 Å². The second-order valence-electron chi connectivity index (χ2n) is 1.48. The molecule has 0 radical (unpaired) electrons. The first-order chi connectivity index (χ1) is 4.31. The predicted molar refractivity (Wildman–Crippen MR) is 39.3 cm³/mol. The largest absolute Gasteiger partial charge is 0.469 e. The van der Waals surface area contributed by atoms with Gasteiger partial charge in [0.1, 0.15) is 0 Å². The van der Waals surface area contributed by atoms with Gasteiger partial charge < -0.3 is 4.74 Å². The van der Waals surface area contributed by atoms with Gasteiger partial charge in [-0.05, 0) is 11.4 Å². The number of carbonyl (C=O) groups is 1. The number of rotatable bonds is 3. The van der Waals surface area contributed by atoms with Gasteiger partial charge in [0.05, 0.1) is 7.11 Å². The summed E-state index contributed by atoms with van der Waals surface area (Å²) in [5, 5.41) is 0. The summed E-state index contributed by atoms with van der Waals surface area (Å²) in [7, 11) is 1.39. The maximum absolute atomic E-state index is 10.4. The SMILES string of the molecule is COC(=O)CC/C=C/Br. The number of esters is 1. The van der Waals surface area contributed by atoms with Crippen molar-refractivity contribution in [2.45, 2.75) is 12.8 Å². The van der Waals surface area contributed by atoms with Gasteiger partial charge >= 0.3 is 5.97 Å². The van der Waals surface area contributed by atoms with Crippen LogP contribution < -0.4 is 0 Å². The van der Waals surface area contributed by atoms with Crippen molar-refractivity contribution in [3.8, 4) is 0 Å². The summed E-state index contributed by atoms with van der Waals surface area (Å²) < 4.78 is 4.41. The zero-order valence-corrected chi connectivity index (χ0v) is 6.85. The lowest BCUT2D eigenvalue weighted by molar-refractivity contribution is -0.140. The van der Waals surface area contributed by atoms with Gasteiger partial charge in [0.15, 0.2) is 0 Å². The molecule has 0 atom stereocenters. The summed E-state index contributed by atoms with van der Waals surface area (Å²) in [6.07, 6.45) is 3.05. The van der Waals surface area contributed by atoms with Gasteiger partial charge in [-0.1, -0.05) is 22.0 Å². The monoisotopic (exact) mass is 192 g/mol. The number of ether oxygens (including phenoxy) is 1. The van der Waals surface area contributed by atoms with Gasteiger partial charge in [0.2, 0.25) is 0 Å². The summed E-state index contributed by atoms with van der Waals surface area (Å²) in [5.74, 6) is -0.166. The summed E-state index contributed by atoms with van der Waals surface area (Å²) in [5.41, 5.74) is 0. The maximum atomic E-state index is 10.4. The first-order valence-corrected chi connectivity index (χ1v) is 3.55. The minimum atomic E-state index is -0.166. The molecule has 0 unspecified atom stereocenters. The normalized spacial score (nSPS) is 10.0. The Labute approximate surface area is 63.0 Å². The number of methoxy groups -OCH3 is 1. The second-order valence-corrected chi connectivity index (χ2v) is 2.01. The fourth-order valence-corrected chi connectivity index (χ4v) is 0.631. The van der Waals surface area contributed by atoms with Crippen LogP contribution in [0.2, 0.25) is 0 Å². The maximum Gasteiger partial charge on any atom is 0.305 e. The molecule has 0 heterocycles. The highest BCUT2D eigenvalue weighted by Crippen LogP contribution is 1.94. The lowest BCUT2D eigenvalue weighted by Gasteiger charge is -1.92. The molecule has 0 aromatic heterocycles. The molecule has 0 fully saturated rings. The molecule has 0 bridgehead atoms. The van der Waals surface area contributed by atoms with Crippen molar-refractivity contribution in [2.75, 3.05) is 7.11 Å². The molecule has 0 N–H and O–H groups in total. The lowest BCUT2D eigenvalue weighted by Crippen LogP contribution is -1.97. The van der Waals surface area contributed by atoms with Gasteiger partial charge in [0, 0.05) is 6.42 Å². The molecule has 0 spiro atoms. The number of hydrogen-bond donors (Lipinski definition) is 0. The highest BCUT2D eigenvalue weighted by molar-refractivity contribution is 9.11. The van der Waals surface area contributed by atoms with E-state index in [1.165, 1.54) is 7.11 Å². The Morgan fingerprint density at radius 1 is 1.78 bits per heavy atom. The molecule has 0 aliphatic carbocycles. The van der Waals surface area contributed by atoms with Crippen LogP contribution in [0, 0.1) is 0 Å². The third-order valence-corrected chi connectivity index (χ3v) is 1.21. The number of carbonyl (C=O) groups excluding carboxylic acids is 1. The lowest BCUT2D eigenvalue weighted by atomic mass is 10.3. The minimum absolute atomic E-state index is 0.166. The minimum Gasteiger partial charge on any atom is -0.469 e. The fraction of sp³-hybridized carbons (Fsp3) is 0.500. The Hall–Kier alpha value is -0.310. The average Bonchev–Trinajstić information content (AvgIpc) is 1.89. The van der Waals surface area contributed by atoms with Gasteiger partial charge in [-0.15, -0.1) is 0 Å². The molecular formula is C6H9BrO2. The highest BCUT2D eigenvalue weighted by atomic mass is 79.9. The van der Waals surface area contributed by atoms with E-state index in [0.717, 1.165) is 6.42 Å². The number of allylic oxidation sites excluding steroid dienone is 1. The van der Waals surface area contributed by atoms with Crippen LogP contribution in [0.25, 0.3) is 0 Å². The Balaban J connectivity index is 3.17. The summed E-state index contributed by atoms with van der Waals surface area (Å²) >= 11 is 3.09. The van der Waals surface area contributed by atoms with Gasteiger partial charge in [-0.2, -0.15) is 0 Å². The van der Waals surface area contributed by atoms with Crippen molar-refractivity contribution in [1.82, 2.24) is 0 Å². The van der Waals surface area contributed by atoms with E-state index in [1.807, 2.05) is 6.08 Å².